The lowest BCUT2D eigenvalue weighted by atomic mass is 10.2. The highest BCUT2D eigenvalue weighted by atomic mass is 16.5. The van der Waals surface area contributed by atoms with Crippen LogP contribution < -0.4 is 11.3 Å². The van der Waals surface area contributed by atoms with Gasteiger partial charge in [0.05, 0.1) is 6.10 Å². The molecule has 2 fully saturated rings. The number of amides is 2. The van der Waals surface area contributed by atoms with Crippen molar-refractivity contribution >= 4 is 11.8 Å². The zero-order valence-electron chi connectivity index (χ0n) is 9.15. The molecule has 2 saturated heterocycles. The van der Waals surface area contributed by atoms with Gasteiger partial charge in [0.25, 0.3) is 5.91 Å². The lowest BCUT2D eigenvalue weighted by Gasteiger charge is -2.20. The van der Waals surface area contributed by atoms with Gasteiger partial charge in [-0.1, -0.05) is 0 Å². The van der Waals surface area contributed by atoms with Crippen LogP contribution in [0.25, 0.3) is 0 Å². The molecular weight excluding hydrogens is 210 g/mol. The zero-order valence-corrected chi connectivity index (χ0v) is 9.15. The number of nitrogens with two attached hydrogens (primary N) is 1. The summed E-state index contributed by atoms with van der Waals surface area (Å²) in [4.78, 5) is 24.4. The van der Waals surface area contributed by atoms with E-state index in [4.69, 9.17) is 10.6 Å². The Kier molecular flexibility index (Phi) is 3.40. The van der Waals surface area contributed by atoms with E-state index in [1.54, 1.807) is 0 Å². The van der Waals surface area contributed by atoms with E-state index in [2.05, 4.69) is 5.43 Å². The van der Waals surface area contributed by atoms with E-state index in [9.17, 15) is 9.59 Å². The Morgan fingerprint density at radius 1 is 1.56 bits per heavy atom. The van der Waals surface area contributed by atoms with Crippen LogP contribution in [0, 0.1) is 0 Å². The van der Waals surface area contributed by atoms with Crippen LogP contribution in [-0.4, -0.2) is 42.0 Å². The van der Waals surface area contributed by atoms with Crippen molar-refractivity contribution in [3.63, 3.8) is 0 Å². The molecule has 16 heavy (non-hydrogen) atoms. The molecule has 0 saturated carbocycles. The van der Waals surface area contributed by atoms with Gasteiger partial charge < -0.3 is 9.64 Å². The van der Waals surface area contributed by atoms with Crippen molar-refractivity contribution in [1.29, 1.82) is 0 Å². The fourth-order valence-corrected chi connectivity index (χ4v) is 2.27. The number of hydrazine groups is 1. The van der Waals surface area contributed by atoms with Crippen molar-refractivity contribution in [2.45, 2.75) is 37.9 Å². The standard InChI is InChI=1S/C10H17N3O3/c11-12-10(15)8-4-3-7(16-8)6-13-5-1-2-9(13)14/h7-8H,1-6,11H2,(H,12,15). The fourth-order valence-electron chi connectivity index (χ4n) is 2.27. The maximum Gasteiger partial charge on any atom is 0.263 e. The molecule has 0 aliphatic carbocycles. The average Bonchev–Trinajstić information content (AvgIpc) is 2.89. The van der Waals surface area contributed by atoms with E-state index in [0.29, 0.717) is 19.4 Å². The fraction of sp³-hybridized carbons (Fsp3) is 0.800. The summed E-state index contributed by atoms with van der Waals surface area (Å²) in [7, 11) is 0. The van der Waals surface area contributed by atoms with E-state index in [1.807, 2.05) is 4.90 Å². The Morgan fingerprint density at radius 3 is 3.00 bits per heavy atom. The minimum atomic E-state index is -0.451. The molecule has 2 aliphatic rings. The molecule has 2 aliphatic heterocycles. The SMILES string of the molecule is NNC(=O)C1CCC(CN2CCCC2=O)O1. The molecule has 0 bridgehead atoms. The normalized spacial score (nSPS) is 29.8. The smallest absolute Gasteiger partial charge is 0.263 e. The third-order valence-corrected chi connectivity index (χ3v) is 3.14. The molecule has 0 aromatic carbocycles. The Bertz CT molecular complexity index is 295. The van der Waals surface area contributed by atoms with Crippen molar-refractivity contribution in [3.8, 4) is 0 Å². The molecular formula is C10H17N3O3. The highest BCUT2D eigenvalue weighted by Gasteiger charge is 2.33. The predicted octanol–water partition coefficient (Wildman–Crippen LogP) is -0.854. The van der Waals surface area contributed by atoms with Gasteiger partial charge in [-0.05, 0) is 19.3 Å². The van der Waals surface area contributed by atoms with Crippen LogP contribution >= 0.6 is 0 Å². The first kappa shape index (κ1) is 11.3. The Balaban J connectivity index is 1.80. The average molecular weight is 227 g/mol. The summed E-state index contributed by atoms with van der Waals surface area (Å²) < 4.78 is 5.54. The van der Waals surface area contributed by atoms with Crippen LogP contribution in [0.2, 0.25) is 0 Å². The summed E-state index contributed by atoms with van der Waals surface area (Å²) in [5.41, 5.74) is 2.09. The van der Waals surface area contributed by atoms with E-state index in [1.165, 1.54) is 0 Å². The molecule has 0 radical (unpaired) electrons. The van der Waals surface area contributed by atoms with Gasteiger partial charge in [0.15, 0.2) is 0 Å². The van der Waals surface area contributed by atoms with Crippen LogP contribution in [0.5, 0.6) is 0 Å². The third kappa shape index (κ3) is 2.33. The van der Waals surface area contributed by atoms with Crippen LogP contribution in [0.3, 0.4) is 0 Å². The van der Waals surface area contributed by atoms with Crippen molar-refractivity contribution in [3.05, 3.63) is 0 Å². The first-order valence-corrected chi connectivity index (χ1v) is 5.64. The molecule has 2 heterocycles. The second-order valence-electron chi connectivity index (χ2n) is 4.28. The molecule has 90 valence electrons. The van der Waals surface area contributed by atoms with Gasteiger partial charge >= 0.3 is 0 Å². The van der Waals surface area contributed by atoms with Crippen molar-refractivity contribution < 1.29 is 14.3 Å². The van der Waals surface area contributed by atoms with Gasteiger partial charge in [0.2, 0.25) is 5.91 Å². The van der Waals surface area contributed by atoms with Crippen LogP contribution in [0.15, 0.2) is 0 Å². The van der Waals surface area contributed by atoms with Crippen molar-refractivity contribution in [2.75, 3.05) is 13.1 Å². The summed E-state index contributed by atoms with van der Waals surface area (Å²) in [5.74, 6) is 4.95. The maximum absolute atomic E-state index is 11.4. The quantitative estimate of drug-likeness (QED) is 0.373. The number of hydrogen-bond acceptors (Lipinski definition) is 4. The molecule has 2 rings (SSSR count). The number of nitrogens with zero attached hydrogens (tertiary/aromatic N) is 1. The third-order valence-electron chi connectivity index (χ3n) is 3.14. The molecule has 6 heteroatoms. The Hall–Kier alpha value is -1.14. The first-order chi connectivity index (χ1) is 7.70. The number of carbonyl (C=O) groups is 2. The van der Waals surface area contributed by atoms with Gasteiger partial charge in [-0.15, -0.1) is 0 Å². The van der Waals surface area contributed by atoms with Gasteiger partial charge in [0.1, 0.15) is 6.10 Å². The summed E-state index contributed by atoms with van der Waals surface area (Å²) in [6.07, 6.45) is 2.58. The van der Waals surface area contributed by atoms with E-state index < -0.39 is 6.10 Å². The van der Waals surface area contributed by atoms with Gasteiger partial charge in [0, 0.05) is 19.5 Å². The summed E-state index contributed by atoms with van der Waals surface area (Å²) in [5, 5.41) is 0. The lowest BCUT2D eigenvalue weighted by Crippen LogP contribution is -2.40. The second-order valence-corrected chi connectivity index (χ2v) is 4.28. The number of rotatable bonds is 3. The van der Waals surface area contributed by atoms with Gasteiger partial charge in [-0.25, -0.2) is 5.84 Å². The lowest BCUT2D eigenvalue weighted by molar-refractivity contribution is -0.134. The Labute approximate surface area is 94.1 Å². The molecule has 0 aromatic heterocycles. The van der Waals surface area contributed by atoms with Gasteiger partial charge in [-0.3, -0.25) is 15.0 Å². The minimum absolute atomic E-state index is 0.0238. The number of hydrogen-bond donors (Lipinski definition) is 2. The van der Waals surface area contributed by atoms with E-state index >= 15 is 0 Å². The summed E-state index contributed by atoms with van der Waals surface area (Å²) >= 11 is 0. The topological polar surface area (TPSA) is 84.7 Å². The van der Waals surface area contributed by atoms with Crippen molar-refractivity contribution in [2.24, 2.45) is 5.84 Å². The second kappa shape index (κ2) is 4.80. The predicted molar refractivity (Wildman–Crippen MR) is 56.0 cm³/mol. The molecule has 2 unspecified atom stereocenters. The number of ether oxygens (including phenoxy) is 1. The highest BCUT2D eigenvalue weighted by Crippen LogP contribution is 2.22. The zero-order chi connectivity index (χ0) is 11.5. The largest absolute Gasteiger partial charge is 0.363 e. The number of likely N-dealkylation sites (tertiary alicyclic amines) is 1. The maximum atomic E-state index is 11.4. The highest BCUT2D eigenvalue weighted by molar-refractivity contribution is 5.80. The first-order valence-electron chi connectivity index (χ1n) is 5.64. The van der Waals surface area contributed by atoms with E-state index in [-0.39, 0.29) is 17.9 Å². The van der Waals surface area contributed by atoms with Crippen LogP contribution in [0.1, 0.15) is 25.7 Å². The molecule has 2 atom stereocenters. The molecule has 3 N–H and O–H groups in total. The minimum Gasteiger partial charge on any atom is -0.363 e. The summed E-state index contributed by atoms with van der Waals surface area (Å²) in [6, 6.07) is 0. The van der Waals surface area contributed by atoms with Crippen LogP contribution in [-0.2, 0) is 14.3 Å². The van der Waals surface area contributed by atoms with E-state index in [0.717, 1.165) is 19.4 Å². The number of nitrogens with one attached hydrogen (secondary N) is 1. The molecule has 2 amide bonds. The summed E-state index contributed by atoms with van der Waals surface area (Å²) in [6.45, 7) is 1.42. The van der Waals surface area contributed by atoms with Crippen LogP contribution in [0.4, 0.5) is 0 Å². The Morgan fingerprint density at radius 2 is 2.38 bits per heavy atom. The number of carbonyl (C=O) groups excluding carboxylic acids is 2. The van der Waals surface area contributed by atoms with Crippen molar-refractivity contribution in [1.82, 2.24) is 10.3 Å². The molecule has 6 nitrogen and oxygen atoms in total. The van der Waals surface area contributed by atoms with Gasteiger partial charge in [-0.2, -0.15) is 0 Å². The monoisotopic (exact) mass is 227 g/mol. The molecule has 0 spiro atoms. The molecule has 0 aromatic rings.